The second kappa shape index (κ2) is 5.40. The van der Waals surface area contributed by atoms with Gasteiger partial charge < -0.3 is 0 Å². The van der Waals surface area contributed by atoms with Crippen molar-refractivity contribution in [1.29, 1.82) is 0 Å². The first-order chi connectivity index (χ1) is 8.58. The highest BCUT2D eigenvalue weighted by atomic mass is 32.1. The summed E-state index contributed by atoms with van der Waals surface area (Å²) >= 11 is 1.20. The Morgan fingerprint density at radius 2 is 2.17 bits per heavy atom. The van der Waals surface area contributed by atoms with Crippen molar-refractivity contribution in [2.24, 2.45) is 0 Å². The topological polar surface area (TPSA) is 42.9 Å². The van der Waals surface area contributed by atoms with E-state index >= 15 is 0 Å². The zero-order valence-electron chi connectivity index (χ0n) is 10.8. The molecule has 0 spiro atoms. The molecule has 94 valence electrons. The van der Waals surface area contributed by atoms with Gasteiger partial charge >= 0.3 is 0 Å². The molecule has 1 heterocycles. The summed E-state index contributed by atoms with van der Waals surface area (Å²) in [6.07, 6.45) is 0.422. The number of aromatic nitrogens is 2. The molecule has 0 aliphatic carbocycles. The third kappa shape index (κ3) is 2.82. The molecule has 2 aromatic rings. The molecule has 0 atom stereocenters. The smallest absolute Gasteiger partial charge is 0.180 e. The van der Waals surface area contributed by atoms with Gasteiger partial charge in [0.1, 0.15) is 4.88 Å². The lowest BCUT2D eigenvalue weighted by Gasteiger charge is -2.04. The lowest BCUT2D eigenvalue weighted by atomic mass is 10.0. The number of carbonyl (C=O) groups is 1. The fourth-order valence-electron chi connectivity index (χ4n) is 1.86. The van der Waals surface area contributed by atoms with E-state index in [9.17, 15) is 4.79 Å². The molecule has 0 saturated heterocycles. The number of aryl methyl sites for hydroxylation is 1. The van der Waals surface area contributed by atoms with Gasteiger partial charge in [0, 0.05) is 6.42 Å². The minimum Gasteiger partial charge on any atom is -0.293 e. The van der Waals surface area contributed by atoms with Crippen molar-refractivity contribution >= 4 is 17.3 Å². The molecular formula is C14H16N2OS. The summed E-state index contributed by atoms with van der Waals surface area (Å²) in [7, 11) is 0. The van der Waals surface area contributed by atoms with Gasteiger partial charge in [0.15, 0.2) is 5.78 Å². The van der Waals surface area contributed by atoms with E-state index in [2.05, 4.69) is 9.59 Å². The maximum Gasteiger partial charge on any atom is 0.180 e. The number of carbonyl (C=O) groups excluding carboxylic acids is 1. The summed E-state index contributed by atoms with van der Waals surface area (Å²) in [5.74, 6) is 0.347. The van der Waals surface area contributed by atoms with Crippen LogP contribution in [0.4, 0.5) is 0 Å². The summed E-state index contributed by atoms with van der Waals surface area (Å²) in [6.45, 7) is 6.09. The average Bonchev–Trinajstić information content (AvgIpc) is 2.77. The van der Waals surface area contributed by atoms with Crippen molar-refractivity contribution in [2.45, 2.75) is 33.1 Å². The molecule has 0 bridgehead atoms. The third-order valence-electron chi connectivity index (χ3n) is 2.76. The van der Waals surface area contributed by atoms with Gasteiger partial charge in [-0.1, -0.05) is 48.2 Å². The largest absolute Gasteiger partial charge is 0.293 e. The fourth-order valence-corrected chi connectivity index (χ4v) is 2.61. The highest BCUT2D eigenvalue weighted by molar-refractivity contribution is 7.08. The summed E-state index contributed by atoms with van der Waals surface area (Å²) in [6, 6.07) is 8.03. The molecule has 4 heteroatoms. The van der Waals surface area contributed by atoms with E-state index < -0.39 is 0 Å². The van der Waals surface area contributed by atoms with Gasteiger partial charge in [0.05, 0.1) is 5.69 Å². The monoisotopic (exact) mass is 260 g/mol. The molecule has 3 nitrogen and oxygen atoms in total. The lowest BCUT2D eigenvalue weighted by molar-refractivity contribution is 0.0995. The van der Waals surface area contributed by atoms with Crippen molar-refractivity contribution in [1.82, 2.24) is 9.59 Å². The van der Waals surface area contributed by atoms with E-state index in [1.165, 1.54) is 17.1 Å². The number of Topliss-reactive ketones (excluding diaryl/α,β-unsaturated/α-hetero) is 1. The summed E-state index contributed by atoms with van der Waals surface area (Å²) < 4.78 is 3.89. The first-order valence-electron chi connectivity index (χ1n) is 5.99. The molecular weight excluding hydrogens is 244 g/mol. The normalized spacial score (nSPS) is 10.9. The van der Waals surface area contributed by atoms with Crippen molar-refractivity contribution in [3.8, 4) is 0 Å². The van der Waals surface area contributed by atoms with Gasteiger partial charge in [-0.25, -0.2) is 0 Å². The van der Waals surface area contributed by atoms with Gasteiger partial charge in [-0.15, -0.1) is 5.10 Å². The van der Waals surface area contributed by atoms with Gasteiger partial charge in [-0.05, 0) is 29.9 Å². The SMILES string of the molecule is Cc1cccc(CC(=O)c2snnc2C(C)C)c1. The second-order valence-electron chi connectivity index (χ2n) is 4.73. The molecule has 0 unspecified atom stereocenters. The van der Waals surface area contributed by atoms with Crippen molar-refractivity contribution in [3.63, 3.8) is 0 Å². The third-order valence-corrected chi connectivity index (χ3v) is 3.54. The Morgan fingerprint density at radius 1 is 1.39 bits per heavy atom. The molecule has 0 saturated carbocycles. The van der Waals surface area contributed by atoms with Gasteiger partial charge in [-0.3, -0.25) is 4.79 Å². The first kappa shape index (κ1) is 12.9. The van der Waals surface area contributed by atoms with Crippen LogP contribution in [-0.4, -0.2) is 15.4 Å². The molecule has 0 aliphatic rings. The van der Waals surface area contributed by atoms with E-state index in [1.54, 1.807) is 0 Å². The highest BCUT2D eigenvalue weighted by Gasteiger charge is 2.18. The molecule has 0 radical (unpaired) electrons. The Balaban J connectivity index is 2.20. The second-order valence-corrected chi connectivity index (χ2v) is 5.49. The van der Waals surface area contributed by atoms with Gasteiger partial charge in [-0.2, -0.15) is 0 Å². The fraction of sp³-hybridized carbons (Fsp3) is 0.357. The quantitative estimate of drug-likeness (QED) is 0.791. The molecule has 1 aromatic carbocycles. The van der Waals surface area contributed by atoms with Crippen LogP contribution in [0.2, 0.25) is 0 Å². The predicted molar refractivity (Wildman–Crippen MR) is 73.2 cm³/mol. The Morgan fingerprint density at radius 3 is 2.83 bits per heavy atom. The van der Waals surface area contributed by atoms with Crippen LogP contribution in [0.3, 0.4) is 0 Å². The number of hydrogen-bond acceptors (Lipinski definition) is 4. The number of ketones is 1. The average molecular weight is 260 g/mol. The van der Waals surface area contributed by atoms with Gasteiger partial charge in [0.2, 0.25) is 0 Å². The number of rotatable bonds is 4. The standard InChI is InChI=1S/C14H16N2OS/c1-9(2)13-14(18-16-15-13)12(17)8-11-6-4-5-10(3)7-11/h4-7,9H,8H2,1-3H3. The number of benzene rings is 1. The minimum atomic E-state index is 0.110. The van der Waals surface area contributed by atoms with Crippen LogP contribution >= 0.6 is 11.5 Å². The minimum absolute atomic E-state index is 0.110. The Hall–Kier alpha value is -1.55. The van der Waals surface area contributed by atoms with Crippen LogP contribution in [0.1, 0.15) is 46.3 Å². The zero-order chi connectivity index (χ0) is 13.1. The zero-order valence-corrected chi connectivity index (χ0v) is 11.6. The van der Waals surface area contributed by atoms with E-state index in [0.717, 1.165) is 11.3 Å². The van der Waals surface area contributed by atoms with Crippen LogP contribution in [-0.2, 0) is 6.42 Å². The van der Waals surface area contributed by atoms with E-state index in [1.807, 2.05) is 45.0 Å². The summed E-state index contributed by atoms with van der Waals surface area (Å²) in [4.78, 5) is 12.9. The Bertz CT molecular complexity index is 560. The molecule has 1 aromatic heterocycles. The van der Waals surface area contributed by atoms with Crippen molar-refractivity contribution in [2.75, 3.05) is 0 Å². The lowest BCUT2D eigenvalue weighted by Crippen LogP contribution is -2.06. The van der Waals surface area contributed by atoms with E-state index in [0.29, 0.717) is 11.3 Å². The van der Waals surface area contributed by atoms with Crippen LogP contribution in [0.5, 0.6) is 0 Å². The summed E-state index contributed by atoms with van der Waals surface area (Å²) in [5.41, 5.74) is 3.03. The molecule has 0 N–H and O–H groups in total. The maximum atomic E-state index is 12.2. The molecule has 0 fully saturated rings. The first-order valence-corrected chi connectivity index (χ1v) is 6.76. The van der Waals surface area contributed by atoms with Crippen molar-refractivity contribution < 1.29 is 4.79 Å². The molecule has 18 heavy (non-hydrogen) atoms. The Kier molecular flexibility index (Phi) is 3.87. The van der Waals surface area contributed by atoms with Crippen LogP contribution in [0.15, 0.2) is 24.3 Å². The van der Waals surface area contributed by atoms with Gasteiger partial charge in [0.25, 0.3) is 0 Å². The maximum absolute atomic E-state index is 12.2. The molecule has 2 rings (SSSR count). The Labute approximate surface area is 111 Å². The highest BCUT2D eigenvalue weighted by Crippen LogP contribution is 2.21. The van der Waals surface area contributed by atoms with Crippen LogP contribution < -0.4 is 0 Å². The molecule has 0 aliphatic heterocycles. The summed E-state index contributed by atoms with van der Waals surface area (Å²) in [5, 5.41) is 4.04. The number of hydrogen-bond donors (Lipinski definition) is 0. The number of nitrogens with zero attached hydrogens (tertiary/aromatic N) is 2. The van der Waals surface area contributed by atoms with Crippen LogP contribution in [0.25, 0.3) is 0 Å². The van der Waals surface area contributed by atoms with Crippen molar-refractivity contribution in [3.05, 3.63) is 46.0 Å². The van der Waals surface area contributed by atoms with E-state index in [4.69, 9.17) is 0 Å². The van der Waals surface area contributed by atoms with E-state index in [-0.39, 0.29) is 11.7 Å². The molecule has 0 amide bonds. The predicted octanol–water partition coefficient (Wildman–Crippen LogP) is 3.40. The van der Waals surface area contributed by atoms with Crippen LogP contribution in [0, 0.1) is 6.92 Å².